The minimum atomic E-state index is 0.0196. The maximum Gasteiger partial charge on any atom is 0.306 e. The summed E-state index contributed by atoms with van der Waals surface area (Å²) >= 11 is 0. The Morgan fingerprint density at radius 3 is 1.81 bits per heavy atom. The maximum atomic E-state index is 12.4. The van der Waals surface area contributed by atoms with E-state index in [0.29, 0.717) is 12.3 Å². The van der Waals surface area contributed by atoms with Crippen molar-refractivity contribution in [3.63, 3.8) is 0 Å². The fraction of sp³-hybridized carbons (Fsp3) is 0.958. The molecule has 0 aromatic carbocycles. The van der Waals surface area contributed by atoms with Gasteiger partial charge in [0.15, 0.2) is 0 Å². The van der Waals surface area contributed by atoms with Crippen LogP contribution in [0.1, 0.15) is 131 Å². The fourth-order valence-electron chi connectivity index (χ4n) is 3.85. The predicted octanol–water partition coefficient (Wildman–Crippen LogP) is 8.08. The zero-order chi connectivity index (χ0) is 19.8. The number of hydrogen-bond donors (Lipinski definition) is 0. The van der Waals surface area contributed by atoms with Gasteiger partial charge >= 0.3 is 5.97 Å². The van der Waals surface area contributed by atoms with Crippen LogP contribution < -0.4 is 0 Å². The third kappa shape index (κ3) is 16.9. The zero-order valence-electron chi connectivity index (χ0n) is 18.9. The van der Waals surface area contributed by atoms with Crippen molar-refractivity contribution in [1.82, 2.24) is 0 Å². The molecule has 0 aromatic rings. The van der Waals surface area contributed by atoms with Crippen molar-refractivity contribution in [1.29, 1.82) is 0 Å². The first kappa shape index (κ1) is 25.5. The number of hydrogen-bond acceptors (Lipinski definition) is 2. The summed E-state index contributed by atoms with van der Waals surface area (Å²) in [7, 11) is 0. The standard InChI is InChI=1S/C24H48O2/c1-7-9-11-12-13-14-16-18-22(17-15-10-8-2)26-23(25)19-21(3)20-24(4,5)6/h21-22H,7-20H2,1-6H3. The highest BCUT2D eigenvalue weighted by Crippen LogP contribution is 2.26. The lowest BCUT2D eigenvalue weighted by Crippen LogP contribution is -2.21. The van der Waals surface area contributed by atoms with Crippen LogP contribution >= 0.6 is 0 Å². The minimum absolute atomic E-state index is 0.0196. The summed E-state index contributed by atoms with van der Waals surface area (Å²) in [6, 6.07) is 0. The molecule has 0 aliphatic rings. The van der Waals surface area contributed by atoms with Crippen molar-refractivity contribution in [3.05, 3.63) is 0 Å². The van der Waals surface area contributed by atoms with Crippen molar-refractivity contribution in [2.24, 2.45) is 11.3 Å². The Balaban J connectivity index is 4.16. The molecule has 0 radical (unpaired) electrons. The molecule has 0 aromatic heterocycles. The Morgan fingerprint density at radius 2 is 1.27 bits per heavy atom. The largest absolute Gasteiger partial charge is 0.462 e. The first-order chi connectivity index (χ1) is 12.3. The van der Waals surface area contributed by atoms with Gasteiger partial charge in [-0.15, -0.1) is 0 Å². The van der Waals surface area contributed by atoms with Crippen LogP contribution in [0.4, 0.5) is 0 Å². The quantitative estimate of drug-likeness (QED) is 0.203. The molecule has 0 bridgehead atoms. The molecule has 0 heterocycles. The van der Waals surface area contributed by atoms with Crippen molar-refractivity contribution < 1.29 is 9.53 Å². The van der Waals surface area contributed by atoms with Crippen molar-refractivity contribution in [3.8, 4) is 0 Å². The number of unbranched alkanes of at least 4 members (excludes halogenated alkanes) is 8. The lowest BCUT2D eigenvalue weighted by Gasteiger charge is -2.24. The molecule has 0 fully saturated rings. The molecule has 0 N–H and O–H groups in total. The highest BCUT2D eigenvalue weighted by Gasteiger charge is 2.20. The Labute approximate surface area is 164 Å². The van der Waals surface area contributed by atoms with Gasteiger partial charge < -0.3 is 4.74 Å². The molecule has 2 atom stereocenters. The molecule has 0 aliphatic carbocycles. The molecule has 156 valence electrons. The first-order valence-corrected chi connectivity index (χ1v) is 11.5. The van der Waals surface area contributed by atoms with Gasteiger partial charge in [0.1, 0.15) is 6.10 Å². The zero-order valence-corrected chi connectivity index (χ0v) is 18.9. The Kier molecular flexibility index (Phi) is 15.2. The molecular formula is C24H48O2. The minimum Gasteiger partial charge on any atom is -0.462 e. The van der Waals surface area contributed by atoms with Crippen LogP contribution in [-0.4, -0.2) is 12.1 Å². The number of ether oxygens (including phenoxy) is 1. The monoisotopic (exact) mass is 368 g/mol. The number of carbonyl (C=O) groups is 1. The Bertz CT molecular complexity index is 330. The van der Waals surface area contributed by atoms with E-state index in [1.807, 2.05) is 0 Å². The van der Waals surface area contributed by atoms with E-state index in [0.717, 1.165) is 19.3 Å². The van der Waals surface area contributed by atoms with Gasteiger partial charge in [-0.2, -0.15) is 0 Å². The van der Waals surface area contributed by atoms with E-state index in [1.165, 1.54) is 64.2 Å². The summed E-state index contributed by atoms with van der Waals surface area (Å²) in [5, 5.41) is 0. The molecule has 0 spiro atoms. The van der Waals surface area contributed by atoms with Gasteiger partial charge in [-0.05, 0) is 43.4 Å². The van der Waals surface area contributed by atoms with E-state index in [1.54, 1.807) is 0 Å². The number of esters is 1. The average molecular weight is 369 g/mol. The number of carbonyl (C=O) groups excluding carboxylic acids is 1. The van der Waals surface area contributed by atoms with E-state index < -0.39 is 0 Å². The van der Waals surface area contributed by atoms with Crippen LogP contribution in [0.5, 0.6) is 0 Å². The van der Waals surface area contributed by atoms with E-state index in [-0.39, 0.29) is 17.5 Å². The van der Waals surface area contributed by atoms with Crippen LogP contribution in [0.2, 0.25) is 0 Å². The van der Waals surface area contributed by atoms with Gasteiger partial charge in [0.2, 0.25) is 0 Å². The van der Waals surface area contributed by atoms with Gasteiger partial charge in [0.25, 0.3) is 0 Å². The predicted molar refractivity (Wildman–Crippen MR) is 114 cm³/mol. The van der Waals surface area contributed by atoms with Crippen LogP contribution in [-0.2, 0) is 9.53 Å². The second-order valence-electron chi connectivity index (χ2n) is 9.59. The first-order valence-electron chi connectivity index (χ1n) is 11.5. The second-order valence-corrected chi connectivity index (χ2v) is 9.59. The van der Waals surface area contributed by atoms with E-state index in [9.17, 15) is 4.79 Å². The smallest absolute Gasteiger partial charge is 0.306 e. The van der Waals surface area contributed by atoms with Crippen molar-refractivity contribution in [2.45, 2.75) is 138 Å². The summed E-state index contributed by atoms with van der Waals surface area (Å²) in [5.74, 6) is 0.420. The molecule has 2 heteroatoms. The van der Waals surface area contributed by atoms with Crippen LogP contribution in [0.3, 0.4) is 0 Å². The van der Waals surface area contributed by atoms with E-state index in [2.05, 4.69) is 41.5 Å². The van der Waals surface area contributed by atoms with Gasteiger partial charge in [0.05, 0.1) is 0 Å². The molecule has 0 saturated heterocycles. The Morgan fingerprint density at radius 1 is 0.808 bits per heavy atom. The van der Waals surface area contributed by atoms with Crippen LogP contribution in [0.25, 0.3) is 0 Å². The molecule has 0 saturated carbocycles. The average Bonchev–Trinajstić information content (AvgIpc) is 2.51. The molecule has 0 aliphatic heterocycles. The SMILES string of the molecule is CCCCCCCCCC(CCCCC)OC(=O)CC(C)CC(C)(C)C. The van der Waals surface area contributed by atoms with Gasteiger partial charge in [-0.1, -0.05) is 92.9 Å². The van der Waals surface area contributed by atoms with E-state index >= 15 is 0 Å². The second kappa shape index (κ2) is 15.5. The lowest BCUT2D eigenvalue weighted by molar-refractivity contribution is -0.151. The highest BCUT2D eigenvalue weighted by atomic mass is 16.5. The summed E-state index contributed by atoms with van der Waals surface area (Å²) in [6.45, 7) is 13.4. The normalized spacial score (nSPS) is 14.2. The van der Waals surface area contributed by atoms with Crippen molar-refractivity contribution >= 4 is 5.97 Å². The summed E-state index contributed by atoms with van der Waals surface area (Å²) in [4.78, 5) is 12.4. The van der Waals surface area contributed by atoms with Crippen LogP contribution in [0.15, 0.2) is 0 Å². The summed E-state index contributed by atoms with van der Waals surface area (Å²) in [5.41, 5.74) is 0.276. The third-order valence-corrected chi connectivity index (χ3v) is 5.03. The molecular weight excluding hydrogens is 320 g/mol. The topological polar surface area (TPSA) is 26.3 Å². The molecule has 2 unspecified atom stereocenters. The lowest BCUT2D eigenvalue weighted by atomic mass is 9.84. The highest BCUT2D eigenvalue weighted by molar-refractivity contribution is 5.69. The Hall–Kier alpha value is -0.530. The fourth-order valence-corrected chi connectivity index (χ4v) is 3.85. The summed E-state index contributed by atoms with van der Waals surface area (Å²) in [6.07, 6.45) is 16.8. The van der Waals surface area contributed by atoms with Gasteiger partial charge in [-0.25, -0.2) is 0 Å². The summed E-state index contributed by atoms with van der Waals surface area (Å²) < 4.78 is 5.89. The van der Waals surface area contributed by atoms with Crippen LogP contribution in [0, 0.1) is 11.3 Å². The third-order valence-electron chi connectivity index (χ3n) is 5.03. The van der Waals surface area contributed by atoms with E-state index in [4.69, 9.17) is 4.74 Å². The molecule has 0 amide bonds. The molecule has 2 nitrogen and oxygen atoms in total. The van der Waals surface area contributed by atoms with Crippen molar-refractivity contribution in [2.75, 3.05) is 0 Å². The molecule has 26 heavy (non-hydrogen) atoms. The van der Waals surface area contributed by atoms with Gasteiger partial charge in [0, 0.05) is 6.42 Å². The molecule has 0 rings (SSSR count). The van der Waals surface area contributed by atoms with Gasteiger partial charge in [-0.3, -0.25) is 4.79 Å². The number of rotatable bonds is 16. The maximum absolute atomic E-state index is 12.4.